The van der Waals surface area contributed by atoms with Gasteiger partial charge in [-0.25, -0.2) is 9.59 Å². The fraction of sp³-hybridized carbons (Fsp3) is 0.217. The van der Waals surface area contributed by atoms with Crippen LogP contribution in [-0.2, 0) is 34.7 Å². The SMILES string of the molecule is COc1cccc(OC)c1N=CC[N-]c1c(OC)cccc1OC.O=C1C=CC(=O)O1.[CH3-].[Pd+2]. The van der Waals surface area contributed by atoms with E-state index in [0.717, 1.165) is 12.2 Å². The fourth-order valence-electron chi connectivity index (χ4n) is 2.51. The van der Waals surface area contributed by atoms with Crippen molar-refractivity contribution >= 4 is 29.5 Å². The minimum absolute atomic E-state index is 0. The van der Waals surface area contributed by atoms with Crippen LogP contribution in [-0.4, -0.2) is 53.1 Å². The maximum atomic E-state index is 9.92. The Morgan fingerprint density at radius 1 is 0.818 bits per heavy atom. The van der Waals surface area contributed by atoms with Crippen LogP contribution < -0.4 is 18.9 Å². The van der Waals surface area contributed by atoms with Crippen molar-refractivity contribution in [2.24, 2.45) is 4.99 Å². The van der Waals surface area contributed by atoms with Crippen molar-refractivity contribution in [2.45, 2.75) is 0 Å². The Kier molecular flexibility index (Phi) is 13.9. The first kappa shape index (κ1) is 29.7. The quantitative estimate of drug-likeness (QED) is 0.160. The van der Waals surface area contributed by atoms with Crippen LogP contribution in [0.25, 0.3) is 5.32 Å². The van der Waals surface area contributed by atoms with E-state index in [9.17, 15) is 9.59 Å². The molecule has 9 nitrogen and oxygen atoms in total. The molecule has 0 radical (unpaired) electrons. The number of hydrogen-bond acceptors (Lipinski definition) is 8. The van der Waals surface area contributed by atoms with Crippen molar-refractivity contribution in [3.8, 4) is 23.0 Å². The number of cyclic esters (lactones) is 2. The fourth-order valence-corrected chi connectivity index (χ4v) is 2.51. The Morgan fingerprint density at radius 2 is 1.24 bits per heavy atom. The normalized spacial score (nSPS) is 11.4. The second-order valence-corrected chi connectivity index (χ2v) is 5.75. The number of ether oxygens (including phenoxy) is 5. The number of methoxy groups -OCH3 is 4. The molecule has 0 saturated heterocycles. The van der Waals surface area contributed by atoms with Gasteiger partial charge in [-0.1, -0.05) is 24.4 Å². The Hall–Kier alpha value is -3.35. The molecule has 0 N–H and O–H groups in total. The van der Waals surface area contributed by atoms with Crippen molar-refractivity contribution < 1.29 is 53.7 Å². The monoisotopic (exact) mass is 548 g/mol. The van der Waals surface area contributed by atoms with Crippen molar-refractivity contribution in [1.82, 2.24) is 0 Å². The van der Waals surface area contributed by atoms with E-state index in [-0.39, 0.29) is 27.8 Å². The number of esters is 2. The minimum atomic E-state index is -0.579. The first-order chi connectivity index (χ1) is 15.0. The summed E-state index contributed by atoms with van der Waals surface area (Å²) in [5, 5.41) is 4.49. The standard InChI is InChI=1S/C18H21N2O4.C4H2O3.CH3.Pd/c1-21-13-7-5-8-14(22-2)17(13)19-11-12-20-18-15(23-3)9-6-10-16(18)24-4;5-3-1-2-4(6)7-3;;/h5-11H,12H2,1-4H3;1-2H;1H3;/q-1;;-1;+2. The van der Waals surface area contributed by atoms with Gasteiger partial charge in [-0.2, -0.15) is 0 Å². The topological polar surface area (TPSA) is 107 Å². The van der Waals surface area contributed by atoms with E-state index in [0.29, 0.717) is 40.9 Å². The third-order valence-corrected chi connectivity index (χ3v) is 3.91. The largest absolute Gasteiger partial charge is 2.00 e. The van der Waals surface area contributed by atoms with E-state index in [1.54, 1.807) is 34.7 Å². The van der Waals surface area contributed by atoms with Gasteiger partial charge in [-0.15, -0.1) is 0 Å². The number of rotatable bonds is 8. The number of aliphatic imine (C=N–C) groups is 1. The van der Waals surface area contributed by atoms with Crippen molar-refractivity contribution in [3.63, 3.8) is 0 Å². The molecule has 0 bridgehead atoms. The van der Waals surface area contributed by atoms with Gasteiger partial charge in [0.2, 0.25) is 0 Å². The van der Waals surface area contributed by atoms with E-state index in [1.165, 1.54) is 0 Å². The average Bonchev–Trinajstić information content (AvgIpc) is 3.18. The Balaban J connectivity index is 0.000000975. The smallest absolute Gasteiger partial charge is 0.674 e. The number of para-hydroxylation sites is 2. The number of hydrogen-bond donors (Lipinski definition) is 0. The third-order valence-electron chi connectivity index (χ3n) is 3.91. The van der Waals surface area contributed by atoms with Crippen LogP contribution >= 0.6 is 0 Å². The summed E-state index contributed by atoms with van der Waals surface area (Å²) in [4.78, 5) is 24.3. The summed E-state index contributed by atoms with van der Waals surface area (Å²) < 4.78 is 25.2. The van der Waals surface area contributed by atoms with E-state index in [4.69, 9.17) is 18.9 Å². The van der Waals surface area contributed by atoms with Crippen LogP contribution in [0.2, 0.25) is 0 Å². The summed E-state index contributed by atoms with van der Waals surface area (Å²) in [6, 6.07) is 11.0. The Morgan fingerprint density at radius 3 is 1.61 bits per heavy atom. The van der Waals surface area contributed by atoms with Gasteiger partial charge >= 0.3 is 32.4 Å². The summed E-state index contributed by atoms with van der Waals surface area (Å²) in [6.45, 7) is 0.359. The molecule has 2 aromatic carbocycles. The van der Waals surface area contributed by atoms with Gasteiger partial charge in [0.15, 0.2) is 0 Å². The molecular weight excluding hydrogens is 523 g/mol. The molecule has 2 aromatic rings. The van der Waals surface area contributed by atoms with Crippen LogP contribution in [0.3, 0.4) is 0 Å². The van der Waals surface area contributed by atoms with Crippen molar-refractivity contribution in [2.75, 3.05) is 35.0 Å². The molecule has 0 aliphatic carbocycles. The molecule has 0 saturated carbocycles. The van der Waals surface area contributed by atoms with Crippen molar-refractivity contribution in [3.05, 3.63) is 61.3 Å². The summed E-state index contributed by atoms with van der Waals surface area (Å²) >= 11 is 0. The molecule has 0 amide bonds. The van der Waals surface area contributed by atoms with Crippen LogP contribution in [0.1, 0.15) is 0 Å². The molecule has 0 spiro atoms. The van der Waals surface area contributed by atoms with Gasteiger partial charge in [-0.3, -0.25) is 4.99 Å². The van der Waals surface area contributed by atoms with Gasteiger partial charge in [0, 0.05) is 12.2 Å². The van der Waals surface area contributed by atoms with Crippen LogP contribution in [0.15, 0.2) is 53.5 Å². The molecule has 1 aliphatic heterocycles. The molecule has 0 aromatic heterocycles. The van der Waals surface area contributed by atoms with E-state index in [2.05, 4.69) is 15.0 Å². The molecule has 0 fully saturated rings. The summed E-state index contributed by atoms with van der Waals surface area (Å²) in [5.41, 5.74) is 1.28. The molecular formula is C23H26N2O7Pd. The maximum Gasteiger partial charge on any atom is 2.00 e. The molecule has 33 heavy (non-hydrogen) atoms. The predicted octanol–water partition coefficient (Wildman–Crippen LogP) is 4.20. The first-order valence-electron chi connectivity index (χ1n) is 9.09. The predicted molar refractivity (Wildman–Crippen MR) is 122 cm³/mol. The zero-order chi connectivity index (χ0) is 22.6. The number of carbonyl (C=O) groups excluding carboxylic acids is 2. The van der Waals surface area contributed by atoms with Gasteiger partial charge < -0.3 is 36.4 Å². The molecule has 1 aliphatic rings. The van der Waals surface area contributed by atoms with Gasteiger partial charge in [-0.05, 0) is 30.5 Å². The molecule has 1 heterocycles. The molecule has 0 atom stereocenters. The second-order valence-electron chi connectivity index (χ2n) is 5.75. The van der Waals surface area contributed by atoms with E-state index < -0.39 is 11.9 Å². The number of benzene rings is 2. The second kappa shape index (κ2) is 15.5. The average molecular weight is 549 g/mol. The third kappa shape index (κ3) is 8.60. The van der Waals surface area contributed by atoms with Crippen LogP contribution in [0.4, 0.5) is 11.4 Å². The maximum absolute atomic E-state index is 9.92. The zero-order valence-corrected chi connectivity index (χ0v) is 20.5. The zero-order valence-electron chi connectivity index (χ0n) is 19.0. The minimum Gasteiger partial charge on any atom is -0.674 e. The molecule has 180 valence electrons. The van der Waals surface area contributed by atoms with Crippen LogP contribution in [0.5, 0.6) is 23.0 Å². The first-order valence-corrected chi connectivity index (χ1v) is 9.09. The number of nitrogens with zero attached hydrogens (tertiary/aromatic N) is 2. The Labute approximate surface area is 207 Å². The van der Waals surface area contributed by atoms with E-state index >= 15 is 0 Å². The number of carbonyl (C=O) groups is 2. The summed E-state index contributed by atoms with van der Waals surface area (Å²) in [7, 11) is 6.39. The van der Waals surface area contributed by atoms with Gasteiger partial charge in [0.1, 0.15) is 28.7 Å². The molecule has 0 unspecified atom stereocenters. The molecule has 10 heteroatoms. The molecule has 3 rings (SSSR count). The Bertz CT molecular complexity index is 917. The van der Waals surface area contributed by atoms with Gasteiger partial charge in [0.25, 0.3) is 0 Å². The summed E-state index contributed by atoms with van der Waals surface area (Å²) in [6.07, 6.45) is 3.86. The van der Waals surface area contributed by atoms with Crippen LogP contribution in [0, 0.1) is 7.43 Å². The van der Waals surface area contributed by atoms with Gasteiger partial charge in [0.05, 0.1) is 28.4 Å². The summed E-state index contributed by atoms with van der Waals surface area (Å²) in [5.74, 6) is 1.42. The van der Waals surface area contributed by atoms with E-state index in [1.807, 2.05) is 36.4 Å². The van der Waals surface area contributed by atoms with Crippen molar-refractivity contribution in [1.29, 1.82) is 0 Å².